The van der Waals surface area contributed by atoms with Crippen molar-refractivity contribution in [2.45, 2.75) is 17.0 Å². The second-order valence-corrected chi connectivity index (χ2v) is 9.94. The molecule has 0 fully saturated rings. The van der Waals surface area contributed by atoms with Crippen molar-refractivity contribution < 1.29 is 17.9 Å². The Morgan fingerprint density at radius 1 is 1.25 bits per heavy atom. The van der Waals surface area contributed by atoms with Crippen LogP contribution in [0.5, 0.6) is 5.75 Å². The number of ether oxygens (including phenoxy) is 1. The van der Waals surface area contributed by atoms with Crippen LogP contribution in [0, 0.1) is 0 Å². The molecule has 0 saturated heterocycles. The van der Waals surface area contributed by atoms with E-state index in [4.69, 9.17) is 16.3 Å². The quantitative estimate of drug-likeness (QED) is 0.410. The van der Waals surface area contributed by atoms with Gasteiger partial charge in [0.15, 0.2) is 5.16 Å². The lowest BCUT2D eigenvalue weighted by Gasteiger charge is -2.30. The third-order valence-electron chi connectivity index (χ3n) is 4.78. The van der Waals surface area contributed by atoms with E-state index >= 15 is 0 Å². The molecule has 0 saturated carbocycles. The molecule has 1 aromatic heterocycles. The molecule has 2 aromatic carbocycles. The lowest BCUT2D eigenvalue weighted by atomic mass is 10.1. The average molecular weight is 491 g/mol. The van der Waals surface area contributed by atoms with Crippen LogP contribution in [0.25, 0.3) is 11.3 Å². The number of anilines is 2. The van der Waals surface area contributed by atoms with Crippen molar-refractivity contribution in [1.29, 1.82) is 0 Å². The number of fused-ring (bicyclic) bond motifs is 3. The molecule has 0 aliphatic carbocycles. The van der Waals surface area contributed by atoms with Crippen LogP contribution in [0.2, 0.25) is 5.02 Å². The SMILES string of the molecule is CCN1c2ccccc2-c2nc(SCC(=O)Nc3cc(Cl)ccc3OC)ncc2S1(=O)=O. The first-order valence-electron chi connectivity index (χ1n) is 9.60. The molecule has 4 rings (SSSR count). The summed E-state index contributed by atoms with van der Waals surface area (Å²) in [5, 5.41) is 3.51. The van der Waals surface area contributed by atoms with Gasteiger partial charge in [-0.25, -0.2) is 18.4 Å². The van der Waals surface area contributed by atoms with Crippen molar-refractivity contribution in [3.63, 3.8) is 0 Å². The van der Waals surface area contributed by atoms with E-state index in [1.165, 1.54) is 17.6 Å². The summed E-state index contributed by atoms with van der Waals surface area (Å²) in [5.74, 6) is 0.200. The number of para-hydroxylation sites is 1. The normalized spacial score (nSPS) is 13.8. The number of halogens is 1. The Morgan fingerprint density at radius 3 is 2.78 bits per heavy atom. The molecule has 3 aromatic rings. The van der Waals surface area contributed by atoms with Gasteiger partial charge in [0.05, 0.1) is 36.1 Å². The number of nitrogens with one attached hydrogen (secondary N) is 1. The van der Waals surface area contributed by atoms with Crippen LogP contribution >= 0.6 is 23.4 Å². The van der Waals surface area contributed by atoms with E-state index in [0.717, 1.165) is 11.8 Å². The molecular weight excluding hydrogens is 472 g/mol. The number of sulfonamides is 1. The van der Waals surface area contributed by atoms with E-state index in [-0.39, 0.29) is 16.6 Å². The molecule has 1 aliphatic rings. The number of aromatic nitrogens is 2. The van der Waals surface area contributed by atoms with Gasteiger partial charge in [0.1, 0.15) is 10.6 Å². The second-order valence-electron chi connectivity index (χ2n) is 6.73. The van der Waals surface area contributed by atoms with Gasteiger partial charge >= 0.3 is 0 Å². The smallest absolute Gasteiger partial charge is 0.268 e. The highest BCUT2D eigenvalue weighted by molar-refractivity contribution is 7.99. The summed E-state index contributed by atoms with van der Waals surface area (Å²) in [6, 6.07) is 12.1. The Kier molecular flexibility index (Phi) is 6.27. The van der Waals surface area contributed by atoms with Crippen LogP contribution in [-0.2, 0) is 14.8 Å². The predicted octanol–water partition coefficient (Wildman–Crippen LogP) is 4.07. The van der Waals surface area contributed by atoms with Crippen LogP contribution in [0.4, 0.5) is 11.4 Å². The van der Waals surface area contributed by atoms with Crippen LogP contribution in [0.15, 0.2) is 58.7 Å². The molecule has 1 amide bonds. The summed E-state index contributed by atoms with van der Waals surface area (Å²) in [6.07, 6.45) is 1.30. The number of nitrogens with zero attached hydrogens (tertiary/aromatic N) is 3. The zero-order valence-electron chi connectivity index (χ0n) is 17.2. The van der Waals surface area contributed by atoms with E-state index < -0.39 is 10.0 Å². The Morgan fingerprint density at radius 2 is 2.03 bits per heavy atom. The summed E-state index contributed by atoms with van der Waals surface area (Å²) < 4.78 is 32.6. The standard InChI is InChI=1S/C21H19ClN4O4S2/c1-3-26-16-7-5-4-6-14(16)20-18(32(26,28)29)11-23-21(25-20)31-12-19(27)24-15-10-13(22)8-9-17(15)30-2/h4-11H,3,12H2,1-2H3,(H,24,27). The van der Waals surface area contributed by atoms with Crippen molar-refractivity contribution in [1.82, 2.24) is 9.97 Å². The lowest BCUT2D eigenvalue weighted by molar-refractivity contribution is -0.113. The number of benzene rings is 2. The third-order valence-corrected chi connectivity index (χ3v) is 7.77. The molecule has 0 bridgehead atoms. The number of carbonyl (C=O) groups is 1. The molecule has 8 nitrogen and oxygen atoms in total. The van der Waals surface area contributed by atoms with Gasteiger partial charge in [-0.15, -0.1) is 0 Å². The largest absolute Gasteiger partial charge is 0.495 e. The summed E-state index contributed by atoms with van der Waals surface area (Å²) in [4.78, 5) is 21.1. The zero-order chi connectivity index (χ0) is 22.9. The number of amides is 1. The summed E-state index contributed by atoms with van der Waals surface area (Å²) in [6.45, 7) is 2.07. The van der Waals surface area contributed by atoms with Crippen LogP contribution in [0.1, 0.15) is 6.92 Å². The molecule has 1 N–H and O–H groups in total. The van der Waals surface area contributed by atoms with Crippen LogP contribution in [-0.4, -0.2) is 43.7 Å². The van der Waals surface area contributed by atoms with E-state index in [9.17, 15) is 13.2 Å². The Balaban J connectivity index is 1.57. The summed E-state index contributed by atoms with van der Waals surface area (Å²) in [7, 11) is -2.25. The van der Waals surface area contributed by atoms with Gasteiger partial charge in [-0.1, -0.05) is 41.6 Å². The summed E-state index contributed by atoms with van der Waals surface area (Å²) >= 11 is 7.10. The van der Waals surface area contributed by atoms with Crippen molar-refractivity contribution in [2.24, 2.45) is 0 Å². The van der Waals surface area contributed by atoms with Crippen LogP contribution in [0.3, 0.4) is 0 Å². The molecule has 0 atom stereocenters. The topological polar surface area (TPSA) is 101 Å². The summed E-state index contributed by atoms with van der Waals surface area (Å²) in [5.41, 5.74) is 2.07. The Labute approximate surface area is 195 Å². The van der Waals surface area contributed by atoms with E-state index in [0.29, 0.717) is 45.1 Å². The van der Waals surface area contributed by atoms with E-state index in [2.05, 4.69) is 15.3 Å². The van der Waals surface area contributed by atoms with Gasteiger partial charge in [-0.3, -0.25) is 9.10 Å². The van der Waals surface area contributed by atoms with Gasteiger partial charge in [0.25, 0.3) is 10.0 Å². The second kappa shape index (κ2) is 8.97. The number of hydrogen-bond donors (Lipinski definition) is 1. The first-order valence-corrected chi connectivity index (χ1v) is 12.4. The number of hydrogen-bond acceptors (Lipinski definition) is 7. The minimum atomic E-state index is -3.75. The number of carbonyl (C=O) groups excluding carboxylic acids is 1. The molecule has 0 spiro atoms. The first-order chi connectivity index (χ1) is 15.3. The minimum Gasteiger partial charge on any atom is -0.495 e. The highest BCUT2D eigenvalue weighted by atomic mass is 35.5. The van der Waals surface area contributed by atoms with Gasteiger partial charge in [0.2, 0.25) is 5.91 Å². The van der Waals surface area contributed by atoms with Crippen molar-refractivity contribution in [3.05, 3.63) is 53.7 Å². The maximum Gasteiger partial charge on any atom is 0.268 e. The Bertz CT molecular complexity index is 1300. The van der Waals surface area contributed by atoms with E-state index in [1.54, 1.807) is 37.3 Å². The number of thioether (sulfide) groups is 1. The third kappa shape index (κ3) is 4.13. The van der Waals surface area contributed by atoms with Crippen molar-refractivity contribution in [2.75, 3.05) is 29.0 Å². The van der Waals surface area contributed by atoms with Gasteiger partial charge in [0, 0.05) is 17.1 Å². The maximum absolute atomic E-state index is 13.0. The Hall–Kier alpha value is -2.82. The molecule has 32 heavy (non-hydrogen) atoms. The molecule has 1 aliphatic heterocycles. The molecule has 166 valence electrons. The average Bonchev–Trinajstić information content (AvgIpc) is 2.78. The van der Waals surface area contributed by atoms with Crippen molar-refractivity contribution >= 4 is 50.7 Å². The predicted molar refractivity (Wildman–Crippen MR) is 125 cm³/mol. The maximum atomic E-state index is 13.0. The van der Waals surface area contributed by atoms with E-state index in [1.807, 2.05) is 12.1 Å². The zero-order valence-corrected chi connectivity index (χ0v) is 19.6. The van der Waals surface area contributed by atoms with Crippen LogP contribution < -0.4 is 14.4 Å². The van der Waals surface area contributed by atoms with Crippen molar-refractivity contribution in [3.8, 4) is 17.0 Å². The lowest BCUT2D eigenvalue weighted by Crippen LogP contribution is -2.34. The number of rotatable bonds is 6. The van der Waals surface area contributed by atoms with Gasteiger partial charge in [-0.2, -0.15) is 0 Å². The molecule has 0 unspecified atom stereocenters. The molecular formula is C21H19ClN4O4S2. The van der Waals surface area contributed by atoms with Gasteiger partial charge < -0.3 is 10.1 Å². The first kappa shape index (κ1) is 22.4. The fraction of sp³-hybridized carbons (Fsp3) is 0.190. The minimum absolute atomic E-state index is 0.0178. The fourth-order valence-corrected chi connectivity index (χ4v) is 5.75. The monoisotopic (exact) mass is 490 g/mol. The fourth-order valence-electron chi connectivity index (χ4n) is 3.38. The molecule has 0 radical (unpaired) electrons. The highest BCUT2D eigenvalue weighted by Gasteiger charge is 2.35. The molecule has 11 heteroatoms. The molecule has 2 heterocycles. The number of methoxy groups -OCH3 is 1. The van der Waals surface area contributed by atoms with Gasteiger partial charge in [-0.05, 0) is 31.2 Å². The highest BCUT2D eigenvalue weighted by Crippen LogP contribution is 2.41.